The summed E-state index contributed by atoms with van der Waals surface area (Å²) >= 11 is 6.13. The van der Waals surface area contributed by atoms with Crippen LogP contribution in [0.3, 0.4) is 0 Å². The Morgan fingerprint density at radius 3 is 2.32 bits per heavy atom. The highest BCUT2D eigenvalue weighted by atomic mass is 35.5. The molecule has 1 N–H and O–H groups in total. The minimum absolute atomic E-state index is 0.0311. The Morgan fingerprint density at radius 1 is 0.857 bits per heavy atom. The maximum atomic E-state index is 12.1. The van der Waals surface area contributed by atoms with Crippen molar-refractivity contribution >= 4 is 23.2 Å². The number of nitrogens with one attached hydrogen (secondary N) is 1. The zero-order valence-electron chi connectivity index (χ0n) is 15.7. The first-order valence-corrected chi connectivity index (χ1v) is 9.88. The summed E-state index contributed by atoms with van der Waals surface area (Å²) in [6.45, 7) is 0.665. The van der Waals surface area contributed by atoms with Gasteiger partial charge in [-0.25, -0.2) is 0 Å². The van der Waals surface area contributed by atoms with E-state index in [1.807, 2.05) is 54.6 Å². The van der Waals surface area contributed by atoms with Crippen LogP contribution >= 0.6 is 11.6 Å². The fourth-order valence-corrected chi connectivity index (χ4v) is 3.15. The van der Waals surface area contributed by atoms with Crippen LogP contribution in [0.4, 0.5) is 5.69 Å². The van der Waals surface area contributed by atoms with Gasteiger partial charge in [0.1, 0.15) is 5.75 Å². The Bertz CT molecular complexity index is 879. The fraction of sp³-hybridized carbons (Fsp3) is 0.208. The number of anilines is 1. The van der Waals surface area contributed by atoms with Crippen LogP contribution in [0.2, 0.25) is 5.02 Å². The predicted molar refractivity (Wildman–Crippen MR) is 115 cm³/mol. The second-order valence-electron chi connectivity index (χ2n) is 6.60. The van der Waals surface area contributed by atoms with Gasteiger partial charge < -0.3 is 10.1 Å². The maximum Gasteiger partial charge on any atom is 0.224 e. The molecule has 3 aromatic carbocycles. The lowest BCUT2D eigenvalue weighted by atomic mass is 10.1. The topological polar surface area (TPSA) is 38.3 Å². The molecule has 3 nitrogen and oxygen atoms in total. The van der Waals surface area contributed by atoms with Gasteiger partial charge in [0.15, 0.2) is 0 Å². The molecule has 0 heterocycles. The van der Waals surface area contributed by atoms with Crippen molar-refractivity contribution in [1.82, 2.24) is 0 Å². The van der Waals surface area contributed by atoms with Gasteiger partial charge in [0.2, 0.25) is 5.91 Å². The summed E-state index contributed by atoms with van der Waals surface area (Å²) in [4.78, 5) is 12.1. The second kappa shape index (κ2) is 10.5. The molecule has 144 valence electrons. The molecule has 0 fully saturated rings. The Morgan fingerprint density at radius 2 is 1.57 bits per heavy atom. The lowest BCUT2D eigenvalue weighted by molar-refractivity contribution is -0.116. The van der Waals surface area contributed by atoms with Crippen molar-refractivity contribution in [3.63, 3.8) is 0 Å². The molecule has 0 aliphatic heterocycles. The molecule has 0 saturated carbocycles. The van der Waals surface area contributed by atoms with Gasteiger partial charge in [0.25, 0.3) is 0 Å². The molecule has 28 heavy (non-hydrogen) atoms. The van der Waals surface area contributed by atoms with Gasteiger partial charge in [0.05, 0.1) is 6.61 Å². The van der Waals surface area contributed by atoms with Crippen LogP contribution < -0.4 is 10.1 Å². The average Bonchev–Trinajstić information content (AvgIpc) is 2.72. The van der Waals surface area contributed by atoms with Crippen molar-refractivity contribution in [2.45, 2.75) is 25.7 Å². The second-order valence-corrected chi connectivity index (χ2v) is 7.01. The zero-order valence-corrected chi connectivity index (χ0v) is 16.5. The van der Waals surface area contributed by atoms with Crippen LogP contribution in [-0.2, 0) is 17.6 Å². The minimum atomic E-state index is -0.0311. The Hall–Kier alpha value is -2.78. The van der Waals surface area contributed by atoms with Gasteiger partial charge in [-0.3, -0.25) is 4.79 Å². The maximum absolute atomic E-state index is 12.1. The minimum Gasteiger partial charge on any atom is -0.494 e. The summed E-state index contributed by atoms with van der Waals surface area (Å²) in [7, 11) is 0. The highest BCUT2D eigenvalue weighted by Crippen LogP contribution is 2.18. The monoisotopic (exact) mass is 393 g/mol. The van der Waals surface area contributed by atoms with E-state index in [1.54, 1.807) is 0 Å². The number of benzene rings is 3. The Labute approximate surface area is 171 Å². The average molecular weight is 394 g/mol. The summed E-state index contributed by atoms with van der Waals surface area (Å²) in [6.07, 6.45) is 2.97. The number of rotatable bonds is 9. The van der Waals surface area contributed by atoms with Crippen LogP contribution in [0.25, 0.3) is 0 Å². The number of amides is 1. The van der Waals surface area contributed by atoms with E-state index in [2.05, 4.69) is 29.6 Å². The van der Waals surface area contributed by atoms with Gasteiger partial charge in [0, 0.05) is 17.1 Å². The van der Waals surface area contributed by atoms with E-state index in [0.717, 1.165) is 29.8 Å². The van der Waals surface area contributed by atoms with E-state index >= 15 is 0 Å². The molecule has 3 aromatic rings. The number of carbonyl (C=O) groups is 1. The van der Waals surface area contributed by atoms with Gasteiger partial charge >= 0.3 is 0 Å². The van der Waals surface area contributed by atoms with Gasteiger partial charge in [-0.2, -0.15) is 0 Å². The molecule has 4 heteroatoms. The highest BCUT2D eigenvalue weighted by molar-refractivity contribution is 6.31. The number of carbonyl (C=O) groups excluding carboxylic acids is 1. The van der Waals surface area contributed by atoms with Crippen molar-refractivity contribution < 1.29 is 9.53 Å². The quantitative estimate of drug-likeness (QED) is 0.458. The number of ether oxygens (including phenoxy) is 1. The summed E-state index contributed by atoms with van der Waals surface area (Å²) < 4.78 is 5.78. The van der Waals surface area contributed by atoms with E-state index in [9.17, 15) is 4.79 Å². The van der Waals surface area contributed by atoms with Gasteiger partial charge in [-0.1, -0.05) is 60.1 Å². The van der Waals surface area contributed by atoms with Gasteiger partial charge in [-0.05, 0) is 60.7 Å². The fourth-order valence-electron chi connectivity index (χ4n) is 2.92. The molecule has 0 saturated heterocycles. The number of hydrogen-bond acceptors (Lipinski definition) is 2. The zero-order chi connectivity index (χ0) is 19.6. The first-order chi connectivity index (χ1) is 13.7. The van der Waals surface area contributed by atoms with E-state index in [0.29, 0.717) is 24.5 Å². The molecule has 0 spiro atoms. The molecule has 1 amide bonds. The van der Waals surface area contributed by atoms with Crippen LogP contribution in [-0.4, -0.2) is 12.5 Å². The molecule has 0 atom stereocenters. The number of aryl methyl sites for hydroxylation is 2. The predicted octanol–water partition coefficient (Wildman–Crippen LogP) is 5.92. The van der Waals surface area contributed by atoms with Crippen molar-refractivity contribution in [1.29, 1.82) is 0 Å². The summed E-state index contributed by atoms with van der Waals surface area (Å²) in [5, 5.41) is 3.61. The number of hydrogen-bond donors (Lipinski definition) is 1. The van der Waals surface area contributed by atoms with E-state index in [1.165, 1.54) is 5.56 Å². The standard InChI is InChI=1S/C24H24ClNO2/c25-23-11-5-4-10-20(23)12-17-24(27)26-21-13-15-22(16-14-21)28-18-6-9-19-7-2-1-3-8-19/h1-5,7-8,10-11,13-16H,6,9,12,17-18H2,(H,26,27). The first kappa shape index (κ1) is 20.0. The van der Waals surface area contributed by atoms with Crippen molar-refractivity contribution in [2.24, 2.45) is 0 Å². The lowest BCUT2D eigenvalue weighted by Crippen LogP contribution is -2.12. The third kappa shape index (κ3) is 6.43. The van der Waals surface area contributed by atoms with Crippen LogP contribution in [0.1, 0.15) is 24.0 Å². The summed E-state index contributed by atoms with van der Waals surface area (Å²) in [6, 6.07) is 25.5. The molecule has 0 aromatic heterocycles. The lowest BCUT2D eigenvalue weighted by Gasteiger charge is -2.09. The van der Waals surface area contributed by atoms with E-state index < -0.39 is 0 Å². The summed E-state index contributed by atoms with van der Waals surface area (Å²) in [5.74, 6) is 0.776. The molecule has 0 aliphatic rings. The number of halogens is 1. The van der Waals surface area contributed by atoms with Crippen LogP contribution in [0, 0.1) is 0 Å². The van der Waals surface area contributed by atoms with E-state index in [-0.39, 0.29) is 5.91 Å². The molecule has 3 rings (SSSR count). The molecule has 0 aliphatic carbocycles. The highest BCUT2D eigenvalue weighted by Gasteiger charge is 2.06. The first-order valence-electron chi connectivity index (χ1n) is 9.51. The molecule has 0 unspecified atom stereocenters. The summed E-state index contributed by atoms with van der Waals surface area (Å²) in [5.41, 5.74) is 3.07. The van der Waals surface area contributed by atoms with E-state index in [4.69, 9.17) is 16.3 Å². The normalized spacial score (nSPS) is 10.5. The Balaban J connectivity index is 1.39. The smallest absolute Gasteiger partial charge is 0.224 e. The van der Waals surface area contributed by atoms with Crippen molar-refractivity contribution in [3.8, 4) is 5.75 Å². The van der Waals surface area contributed by atoms with Crippen LogP contribution in [0.5, 0.6) is 5.75 Å². The van der Waals surface area contributed by atoms with Crippen molar-refractivity contribution in [3.05, 3.63) is 95.0 Å². The van der Waals surface area contributed by atoms with Crippen molar-refractivity contribution in [2.75, 3.05) is 11.9 Å². The SMILES string of the molecule is O=C(CCc1ccccc1Cl)Nc1ccc(OCCCc2ccccc2)cc1. The van der Waals surface area contributed by atoms with Crippen LogP contribution in [0.15, 0.2) is 78.9 Å². The molecular weight excluding hydrogens is 370 g/mol. The third-order valence-electron chi connectivity index (χ3n) is 4.44. The molecular formula is C24H24ClNO2. The molecule has 0 radical (unpaired) electrons. The van der Waals surface area contributed by atoms with Gasteiger partial charge in [-0.15, -0.1) is 0 Å². The largest absolute Gasteiger partial charge is 0.494 e. The Kier molecular flexibility index (Phi) is 7.51. The molecule has 0 bridgehead atoms. The third-order valence-corrected chi connectivity index (χ3v) is 4.81.